The Morgan fingerprint density at radius 2 is 1.93 bits per heavy atom. The molecule has 0 aliphatic carbocycles. The maximum absolute atomic E-state index is 4.41. The zero-order valence-corrected chi connectivity index (χ0v) is 20.0. The summed E-state index contributed by atoms with van der Waals surface area (Å²) in [6.07, 6.45) is 10.6. The Bertz CT molecular complexity index is 555. The smallest absolute Gasteiger partial charge is 0.191 e. The summed E-state index contributed by atoms with van der Waals surface area (Å²) in [4.78, 5) is 4.35. The molecule has 0 fully saturated rings. The molecule has 2 heterocycles. The van der Waals surface area contributed by atoms with Crippen molar-refractivity contribution in [2.75, 3.05) is 13.6 Å². The molecule has 0 amide bonds. The fraction of sp³-hybridized carbons (Fsp3) is 0.850. The Kier molecular flexibility index (Phi) is 11.9. The third-order valence-corrected chi connectivity index (χ3v) is 5.08. The van der Waals surface area contributed by atoms with Crippen LogP contribution in [0.15, 0.2) is 4.99 Å². The molecule has 0 saturated carbocycles. The quantitative estimate of drug-likeness (QED) is 0.238. The number of rotatable bonds is 9. The molecule has 7 heteroatoms. The Balaban J connectivity index is 0.00000364. The minimum absolute atomic E-state index is 0. The number of aromatic nitrogens is 3. The summed E-state index contributed by atoms with van der Waals surface area (Å²) in [6.45, 7) is 8.79. The minimum Gasteiger partial charge on any atom is -0.356 e. The molecule has 27 heavy (non-hydrogen) atoms. The van der Waals surface area contributed by atoms with Crippen LogP contribution in [0.2, 0.25) is 0 Å². The van der Waals surface area contributed by atoms with Crippen LogP contribution in [-0.4, -0.2) is 40.4 Å². The number of hydrogen-bond acceptors (Lipinski definition) is 3. The fourth-order valence-corrected chi connectivity index (χ4v) is 3.52. The number of nitrogens with zero attached hydrogens (tertiary/aromatic N) is 4. The molecule has 156 valence electrons. The predicted octanol–water partition coefficient (Wildman–Crippen LogP) is 3.93. The molecule has 6 nitrogen and oxygen atoms in total. The van der Waals surface area contributed by atoms with Crippen LogP contribution in [0.1, 0.15) is 77.4 Å². The van der Waals surface area contributed by atoms with Gasteiger partial charge in [-0.15, -0.1) is 34.2 Å². The van der Waals surface area contributed by atoms with Gasteiger partial charge in [0, 0.05) is 39.0 Å². The zero-order valence-electron chi connectivity index (χ0n) is 17.6. The van der Waals surface area contributed by atoms with E-state index < -0.39 is 0 Å². The summed E-state index contributed by atoms with van der Waals surface area (Å²) in [5.74, 6) is 4.01. The number of halogens is 1. The van der Waals surface area contributed by atoms with Gasteiger partial charge in [0.15, 0.2) is 5.96 Å². The average Bonchev–Trinajstić information content (AvgIpc) is 2.84. The first-order valence-corrected chi connectivity index (χ1v) is 10.5. The molecular weight excluding hydrogens is 451 g/mol. The molecular formula is C20H39IN6. The maximum Gasteiger partial charge on any atom is 0.191 e. The van der Waals surface area contributed by atoms with Crippen molar-refractivity contribution in [3.63, 3.8) is 0 Å². The minimum atomic E-state index is 0. The topological polar surface area (TPSA) is 67.1 Å². The number of aliphatic imine (C=N–C) groups is 1. The summed E-state index contributed by atoms with van der Waals surface area (Å²) >= 11 is 0. The first kappa shape index (κ1) is 24.2. The van der Waals surface area contributed by atoms with E-state index in [1.165, 1.54) is 44.3 Å². The van der Waals surface area contributed by atoms with Crippen LogP contribution in [0.3, 0.4) is 0 Å². The maximum atomic E-state index is 4.41. The highest BCUT2D eigenvalue weighted by atomic mass is 127. The summed E-state index contributed by atoms with van der Waals surface area (Å²) in [5, 5.41) is 15.7. The normalized spacial score (nSPS) is 15.7. The molecule has 1 aromatic rings. The van der Waals surface area contributed by atoms with Gasteiger partial charge in [0.2, 0.25) is 0 Å². The van der Waals surface area contributed by atoms with Gasteiger partial charge in [-0.1, -0.05) is 33.1 Å². The lowest BCUT2D eigenvalue weighted by molar-refractivity contribution is 0.491. The van der Waals surface area contributed by atoms with Gasteiger partial charge in [0.05, 0.1) is 0 Å². The van der Waals surface area contributed by atoms with Gasteiger partial charge in [-0.3, -0.25) is 4.99 Å². The second-order valence-electron chi connectivity index (χ2n) is 7.97. The Morgan fingerprint density at radius 3 is 2.67 bits per heavy atom. The molecule has 0 radical (unpaired) electrons. The van der Waals surface area contributed by atoms with E-state index in [0.29, 0.717) is 6.04 Å². The molecule has 0 aromatic carbocycles. The lowest BCUT2D eigenvalue weighted by Gasteiger charge is -2.18. The molecule has 1 unspecified atom stereocenters. The van der Waals surface area contributed by atoms with Gasteiger partial charge < -0.3 is 15.2 Å². The van der Waals surface area contributed by atoms with Crippen molar-refractivity contribution in [3.8, 4) is 0 Å². The van der Waals surface area contributed by atoms with E-state index in [2.05, 4.69) is 51.2 Å². The second-order valence-corrected chi connectivity index (χ2v) is 7.97. The van der Waals surface area contributed by atoms with Crippen LogP contribution in [-0.2, 0) is 19.4 Å². The molecule has 1 aliphatic heterocycles. The number of hydrogen-bond donors (Lipinski definition) is 2. The predicted molar refractivity (Wildman–Crippen MR) is 124 cm³/mol. The van der Waals surface area contributed by atoms with Crippen LogP contribution < -0.4 is 10.6 Å². The van der Waals surface area contributed by atoms with Crippen molar-refractivity contribution in [1.29, 1.82) is 0 Å². The molecule has 2 rings (SSSR count). The van der Waals surface area contributed by atoms with Gasteiger partial charge in [-0.2, -0.15) is 0 Å². The monoisotopic (exact) mass is 490 g/mol. The lowest BCUT2D eigenvalue weighted by atomic mass is 10.0. The van der Waals surface area contributed by atoms with E-state index in [0.717, 1.165) is 50.1 Å². The van der Waals surface area contributed by atoms with Gasteiger partial charge in [0.25, 0.3) is 0 Å². The van der Waals surface area contributed by atoms with E-state index in [1.807, 2.05) is 7.05 Å². The Labute approximate surface area is 182 Å². The molecule has 0 bridgehead atoms. The van der Waals surface area contributed by atoms with Gasteiger partial charge in [-0.05, 0) is 38.5 Å². The highest BCUT2D eigenvalue weighted by molar-refractivity contribution is 14.0. The summed E-state index contributed by atoms with van der Waals surface area (Å²) in [7, 11) is 1.84. The van der Waals surface area contributed by atoms with Crippen molar-refractivity contribution in [1.82, 2.24) is 25.4 Å². The third-order valence-electron chi connectivity index (χ3n) is 5.08. The lowest BCUT2D eigenvalue weighted by Crippen LogP contribution is -2.42. The molecule has 0 spiro atoms. The van der Waals surface area contributed by atoms with Crippen molar-refractivity contribution < 1.29 is 0 Å². The fourth-order valence-electron chi connectivity index (χ4n) is 3.52. The van der Waals surface area contributed by atoms with Crippen molar-refractivity contribution >= 4 is 29.9 Å². The van der Waals surface area contributed by atoms with Crippen molar-refractivity contribution in [2.24, 2.45) is 10.9 Å². The Morgan fingerprint density at radius 1 is 1.11 bits per heavy atom. The summed E-state index contributed by atoms with van der Waals surface area (Å²) < 4.78 is 2.34. The van der Waals surface area contributed by atoms with E-state index in [4.69, 9.17) is 0 Å². The molecule has 1 aromatic heterocycles. The number of aryl methyl sites for hydroxylation is 2. The van der Waals surface area contributed by atoms with Crippen molar-refractivity contribution in [3.05, 3.63) is 11.6 Å². The first-order valence-electron chi connectivity index (χ1n) is 10.5. The van der Waals surface area contributed by atoms with E-state index in [1.54, 1.807) is 0 Å². The summed E-state index contributed by atoms with van der Waals surface area (Å²) in [6, 6.07) is 0.451. The standard InChI is InChI=1S/C20H38N6.HI/c1-16(2)10-8-11-17(3)23-20(21-4)22-14-9-13-19-25-24-18-12-6-5-7-15-26(18)19;/h16-17H,5-15H2,1-4H3,(H2,21,22,23);1H. The van der Waals surface area contributed by atoms with E-state index in [9.17, 15) is 0 Å². The molecule has 1 atom stereocenters. The Hall–Kier alpha value is -0.860. The second kappa shape index (κ2) is 13.3. The highest BCUT2D eigenvalue weighted by Crippen LogP contribution is 2.15. The average molecular weight is 490 g/mol. The van der Waals surface area contributed by atoms with Gasteiger partial charge in [-0.25, -0.2) is 0 Å². The van der Waals surface area contributed by atoms with Crippen LogP contribution in [0.5, 0.6) is 0 Å². The molecule has 2 N–H and O–H groups in total. The number of nitrogens with one attached hydrogen (secondary N) is 2. The zero-order chi connectivity index (χ0) is 18.8. The van der Waals surface area contributed by atoms with Crippen LogP contribution in [0.4, 0.5) is 0 Å². The van der Waals surface area contributed by atoms with Crippen LogP contribution >= 0.6 is 24.0 Å². The van der Waals surface area contributed by atoms with E-state index >= 15 is 0 Å². The first-order chi connectivity index (χ1) is 12.6. The van der Waals surface area contributed by atoms with Crippen LogP contribution in [0.25, 0.3) is 0 Å². The number of guanidine groups is 1. The van der Waals surface area contributed by atoms with Gasteiger partial charge >= 0.3 is 0 Å². The van der Waals surface area contributed by atoms with Gasteiger partial charge in [0.1, 0.15) is 11.6 Å². The largest absolute Gasteiger partial charge is 0.356 e. The van der Waals surface area contributed by atoms with E-state index in [-0.39, 0.29) is 24.0 Å². The molecule has 0 saturated heterocycles. The SMILES string of the molecule is CN=C(NCCCc1nnc2n1CCCCC2)NC(C)CCCC(C)C.I. The van der Waals surface area contributed by atoms with Crippen LogP contribution in [0, 0.1) is 5.92 Å². The summed E-state index contributed by atoms with van der Waals surface area (Å²) in [5.41, 5.74) is 0. The number of fused-ring (bicyclic) bond motifs is 1. The molecule has 1 aliphatic rings. The highest BCUT2D eigenvalue weighted by Gasteiger charge is 2.14. The van der Waals surface area contributed by atoms with Crippen molar-refractivity contribution in [2.45, 2.75) is 91.1 Å². The third kappa shape index (κ3) is 8.79.